The van der Waals surface area contributed by atoms with Crippen LogP contribution in [0.3, 0.4) is 0 Å². The highest BCUT2D eigenvalue weighted by Crippen LogP contribution is 2.54. The van der Waals surface area contributed by atoms with Gasteiger partial charge in [-0.25, -0.2) is 9.80 Å². The van der Waals surface area contributed by atoms with Crippen LogP contribution in [0.2, 0.25) is 0 Å². The third kappa shape index (κ3) is 10.3. The van der Waals surface area contributed by atoms with Crippen molar-refractivity contribution in [2.45, 2.75) is 150 Å². The van der Waals surface area contributed by atoms with E-state index in [1.165, 1.54) is 14.7 Å². The average molecular weight is 1260 g/mol. The van der Waals surface area contributed by atoms with E-state index in [4.69, 9.17) is 9.47 Å². The van der Waals surface area contributed by atoms with Gasteiger partial charge < -0.3 is 9.47 Å². The minimum absolute atomic E-state index is 0.129. The normalized spacial score (nSPS) is 14.5. The predicted molar refractivity (Wildman–Crippen MR) is 382 cm³/mol. The summed E-state index contributed by atoms with van der Waals surface area (Å²) in [4.78, 5) is 93.5. The van der Waals surface area contributed by atoms with Gasteiger partial charge in [-0.2, -0.15) is 0 Å². The molecule has 11 aromatic carbocycles. The molecule has 0 aliphatic carbocycles. The number of imide groups is 3. The summed E-state index contributed by atoms with van der Waals surface area (Å²) in [5.74, 6) is -0.895. The van der Waals surface area contributed by atoms with E-state index in [0.29, 0.717) is 102 Å². The Morgan fingerprint density at radius 3 is 1.26 bits per heavy atom. The van der Waals surface area contributed by atoms with Gasteiger partial charge in [0.1, 0.15) is 23.0 Å². The van der Waals surface area contributed by atoms with Crippen LogP contribution >= 0.6 is 0 Å². The van der Waals surface area contributed by atoms with Crippen molar-refractivity contribution in [3.05, 3.63) is 213 Å². The Morgan fingerprint density at radius 1 is 0.337 bits per heavy atom. The molecule has 11 heteroatoms. The SMILES string of the molecule is CCCCCCCCN1C(=O)c2ccc3c4c(ccc(c24)C1=O)C(=O)N(c1ccc(-c2ccc4c5c(Oc6ccc(C(C)(C)C)cc6)cc6c7c(cc(Oc8ccc(C(C)(C)C)cc8)c(c8cccc2c84)c75)C(=O)N(c2cc(C(C)(C)C)ccc2C(C)(C)C)C6=O)cc1)C3=O. The Hall–Kier alpha value is -10.0. The zero-order chi connectivity index (χ0) is 67.1. The van der Waals surface area contributed by atoms with Crippen molar-refractivity contribution in [1.82, 2.24) is 4.90 Å². The number of carbonyl (C=O) groups excluding carboxylic acids is 6. The molecule has 14 rings (SSSR count). The Kier molecular flexibility index (Phi) is 14.9. The standard InChI is InChI=1S/C84H79N3O8/c1-14-15-16-17-18-19-43-85-75(88)58-38-40-60-70-61(41-39-59(69(58)70)76(85)89)78(91)86(77(60)90)51-30-23-47(24-31-51)54-36-37-57-68-55(54)21-20-22-56(68)72-66(94-52-32-25-48(26-33-52)81(2,3)4)45-62-71-63(46-67(73(57)74(71)72)95-53-34-27-49(28-35-53)82(5,6)7)80(93)87(79(62)92)65-44-50(83(8,9)10)29-42-64(65)84(11,12)13/h20-42,44-46H,14-19,43H2,1-13H3. The molecule has 478 valence electrons. The van der Waals surface area contributed by atoms with E-state index in [0.717, 1.165) is 87.0 Å². The first kappa shape index (κ1) is 62.4. The second-order valence-corrected chi connectivity index (χ2v) is 30.3. The van der Waals surface area contributed by atoms with Crippen LogP contribution in [0.1, 0.15) is 213 Å². The lowest BCUT2D eigenvalue weighted by Crippen LogP contribution is -2.43. The number of anilines is 2. The Bertz CT molecular complexity index is 4880. The van der Waals surface area contributed by atoms with Crippen LogP contribution in [-0.4, -0.2) is 46.9 Å². The van der Waals surface area contributed by atoms with Crippen LogP contribution in [0.5, 0.6) is 23.0 Å². The van der Waals surface area contributed by atoms with Crippen LogP contribution in [0.15, 0.2) is 158 Å². The monoisotopic (exact) mass is 1260 g/mol. The molecule has 0 spiro atoms. The molecule has 0 saturated carbocycles. The zero-order valence-electron chi connectivity index (χ0n) is 56.6. The molecule has 3 aliphatic heterocycles. The summed E-state index contributed by atoms with van der Waals surface area (Å²) in [6.07, 6.45) is 6.04. The number of benzene rings is 11. The number of rotatable bonds is 14. The molecule has 0 atom stereocenters. The Morgan fingerprint density at radius 2 is 0.768 bits per heavy atom. The van der Waals surface area contributed by atoms with E-state index in [1.807, 2.05) is 60.7 Å². The molecule has 11 nitrogen and oxygen atoms in total. The molecule has 0 aromatic heterocycles. The highest BCUT2D eigenvalue weighted by atomic mass is 16.5. The molecule has 0 fully saturated rings. The molecule has 0 bridgehead atoms. The number of fused-ring (bicyclic) bond motifs is 2. The van der Waals surface area contributed by atoms with Gasteiger partial charge in [0.25, 0.3) is 35.4 Å². The van der Waals surface area contributed by atoms with E-state index in [9.17, 15) is 19.2 Å². The lowest BCUT2D eigenvalue weighted by molar-refractivity contribution is 0.0605. The zero-order valence-corrected chi connectivity index (χ0v) is 56.6. The minimum Gasteiger partial charge on any atom is -0.457 e. The maximum absolute atomic E-state index is 16.0. The summed E-state index contributed by atoms with van der Waals surface area (Å²) in [5, 5.41) is 6.63. The van der Waals surface area contributed by atoms with Crippen molar-refractivity contribution >= 4 is 101 Å². The van der Waals surface area contributed by atoms with E-state index < -0.39 is 40.9 Å². The van der Waals surface area contributed by atoms with Gasteiger partial charge in [-0.1, -0.05) is 201 Å². The van der Waals surface area contributed by atoms with Gasteiger partial charge in [0.15, 0.2) is 0 Å². The number of nitrogens with zero attached hydrogens (tertiary/aromatic N) is 3. The minimum atomic E-state index is -0.555. The van der Waals surface area contributed by atoms with E-state index in [-0.39, 0.29) is 27.4 Å². The van der Waals surface area contributed by atoms with Gasteiger partial charge >= 0.3 is 0 Å². The number of amides is 6. The van der Waals surface area contributed by atoms with Crippen LogP contribution in [0, 0.1) is 0 Å². The number of hydrogen-bond acceptors (Lipinski definition) is 8. The summed E-state index contributed by atoms with van der Waals surface area (Å²) < 4.78 is 14.4. The van der Waals surface area contributed by atoms with Gasteiger partial charge in [-0.15, -0.1) is 0 Å². The molecule has 95 heavy (non-hydrogen) atoms. The van der Waals surface area contributed by atoms with Crippen molar-refractivity contribution in [1.29, 1.82) is 0 Å². The molecular weight excluding hydrogens is 1180 g/mol. The first-order chi connectivity index (χ1) is 45.1. The number of hydrogen-bond donors (Lipinski definition) is 0. The first-order valence-corrected chi connectivity index (χ1v) is 33.4. The fourth-order valence-corrected chi connectivity index (χ4v) is 14.6. The third-order valence-electron chi connectivity index (χ3n) is 19.7. The summed E-state index contributed by atoms with van der Waals surface area (Å²) >= 11 is 0. The van der Waals surface area contributed by atoms with E-state index in [2.05, 4.69) is 151 Å². The Balaban J connectivity index is 0.927. The maximum atomic E-state index is 16.0. The summed E-state index contributed by atoms with van der Waals surface area (Å²) in [6.45, 7) is 28.1. The molecule has 3 heterocycles. The number of ether oxygens (including phenoxy) is 2. The molecule has 3 aliphatic rings. The summed E-state index contributed by atoms with van der Waals surface area (Å²) in [6, 6.07) is 50.0. The quantitative estimate of drug-likeness (QED) is 0.0455. The number of unbranched alkanes of at least 4 members (excludes halogenated alkanes) is 5. The third-order valence-corrected chi connectivity index (χ3v) is 19.7. The van der Waals surface area contributed by atoms with Gasteiger partial charge in [0.2, 0.25) is 0 Å². The van der Waals surface area contributed by atoms with E-state index in [1.54, 1.807) is 36.4 Å². The molecule has 6 amide bonds. The highest BCUT2D eigenvalue weighted by molar-refractivity contribution is 6.45. The van der Waals surface area contributed by atoms with Crippen molar-refractivity contribution < 1.29 is 38.2 Å². The fraction of sp³-hybridized carbons (Fsp3) is 0.286. The smallest absolute Gasteiger partial charge is 0.266 e. The van der Waals surface area contributed by atoms with Crippen LogP contribution in [0.4, 0.5) is 11.4 Å². The Labute approximate surface area is 555 Å². The second-order valence-electron chi connectivity index (χ2n) is 30.3. The van der Waals surface area contributed by atoms with E-state index >= 15 is 9.59 Å². The largest absolute Gasteiger partial charge is 0.457 e. The topological polar surface area (TPSA) is 131 Å². The fourth-order valence-electron chi connectivity index (χ4n) is 14.6. The highest BCUT2D eigenvalue weighted by Gasteiger charge is 2.43. The maximum Gasteiger partial charge on any atom is 0.266 e. The van der Waals surface area contributed by atoms with Gasteiger partial charge in [0.05, 0.1) is 22.5 Å². The van der Waals surface area contributed by atoms with Crippen molar-refractivity contribution in [2.24, 2.45) is 0 Å². The summed E-state index contributed by atoms with van der Waals surface area (Å²) in [5.41, 5.74) is 7.34. The average Bonchev–Trinajstić information content (AvgIpc) is 0.690. The first-order valence-electron chi connectivity index (χ1n) is 33.4. The van der Waals surface area contributed by atoms with Crippen molar-refractivity contribution in [3.8, 4) is 34.1 Å². The van der Waals surface area contributed by atoms with Crippen molar-refractivity contribution in [2.75, 3.05) is 16.3 Å². The van der Waals surface area contributed by atoms with Crippen LogP contribution in [0.25, 0.3) is 65.0 Å². The predicted octanol–water partition coefficient (Wildman–Crippen LogP) is 20.9. The molecule has 0 unspecified atom stereocenters. The van der Waals surface area contributed by atoms with Gasteiger partial charge in [-0.3, -0.25) is 33.7 Å². The number of carbonyl (C=O) groups is 6. The summed E-state index contributed by atoms with van der Waals surface area (Å²) in [7, 11) is 0. The van der Waals surface area contributed by atoms with Crippen LogP contribution < -0.4 is 19.3 Å². The lowest BCUT2D eigenvalue weighted by atomic mass is 9.79. The molecule has 0 saturated heterocycles. The van der Waals surface area contributed by atoms with Crippen LogP contribution in [-0.2, 0) is 21.7 Å². The van der Waals surface area contributed by atoms with Gasteiger partial charge in [-0.05, 0) is 162 Å². The molecule has 0 N–H and O–H groups in total. The second kappa shape index (κ2) is 22.6. The lowest BCUT2D eigenvalue weighted by Gasteiger charge is -2.34. The molecular formula is C84H79N3O8. The van der Waals surface area contributed by atoms with Crippen molar-refractivity contribution in [3.63, 3.8) is 0 Å². The van der Waals surface area contributed by atoms with Gasteiger partial charge in [0, 0.05) is 61.1 Å². The molecule has 11 aromatic rings. The molecule has 0 radical (unpaired) electrons.